The van der Waals surface area contributed by atoms with Gasteiger partial charge < -0.3 is 20.3 Å². The van der Waals surface area contributed by atoms with Crippen LogP contribution in [0.2, 0.25) is 0 Å². The SMILES string of the molecule is NCC(=O)NC(=O)Oc1ncc(C(=O)O)cc1OC1CCCCC1. The summed E-state index contributed by atoms with van der Waals surface area (Å²) in [6, 6.07) is 1.25. The lowest BCUT2D eigenvalue weighted by Gasteiger charge is -2.23. The number of ether oxygens (including phenoxy) is 2. The minimum absolute atomic E-state index is 0.0529. The molecule has 1 saturated carbocycles. The number of carbonyl (C=O) groups is 3. The second-order valence-corrected chi connectivity index (χ2v) is 5.35. The summed E-state index contributed by atoms with van der Waals surface area (Å²) < 4.78 is 10.7. The van der Waals surface area contributed by atoms with Gasteiger partial charge in [-0.2, -0.15) is 0 Å². The number of nitrogens with one attached hydrogen (secondary N) is 1. The summed E-state index contributed by atoms with van der Waals surface area (Å²) in [4.78, 5) is 37.6. The van der Waals surface area contributed by atoms with E-state index < -0.39 is 18.0 Å². The Morgan fingerprint density at radius 1 is 1.29 bits per heavy atom. The second-order valence-electron chi connectivity index (χ2n) is 5.35. The molecule has 9 heteroatoms. The fourth-order valence-corrected chi connectivity index (χ4v) is 2.35. The summed E-state index contributed by atoms with van der Waals surface area (Å²) >= 11 is 0. The van der Waals surface area contributed by atoms with E-state index in [-0.39, 0.29) is 29.8 Å². The van der Waals surface area contributed by atoms with Gasteiger partial charge in [0.05, 0.1) is 18.2 Å². The van der Waals surface area contributed by atoms with Gasteiger partial charge in [0.25, 0.3) is 5.88 Å². The molecule has 9 nitrogen and oxygen atoms in total. The number of aromatic carboxylic acids is 1. The monoisotopic (exact) mass is 337 g/mol. The molecule has 0 bridgehead atoms. The van der Waals surface area contributed by atoms with Gasteiger partial charge >= 0.3 is 12.1 Å². The van der Waals surface area contributed by atoms with Crippen molar-refractivity contribution in [3.05, 3.63) is 17.8 Å². The molecule has 0 aliphatic heterocycles. The Morgan fingerprint density at radius 2 is 2.00 bits per heavy atom. The number of carbonyl (C=O) groups excluding carboxylic acids is 2. The molecule has 1 fully saturated rings. The smallest absolute Gasteiger partial charge is 0.420 e. The van der Waals surface area contributed by atoms with E-state index in [1.165, 1.54) is 6.07 Å². The molecular formula is C15H19N3O6. The van der Waals surface area contributed by atoms with Crippen LogP contribution < -0.4 is 20.5 Å². The first-order chi connectivity index (χ1) is 11.5. The number of rotatable bonds is 5. The molecule has 2 amide bonds. The highest BCUT2D eigenvalue weighted by molar-refractivity contribution is 5.93. The molecule has 24 heavy (non-hydrogen) atoms. The number of carboxylic acid groups (broad SMARTS) is 1. The Balaban J connectivity index is 2.16. The maximum atomic E-state index is 11.6. The van der Waals surface area contributed by atoms with Crippen LogP contribution in [-0.4, -0.2) is 40.7 Å². The summed E-state index contributed by atoms with van der Waals surface area (Å²) in [6.07, 6.45) is 4.69. The average Bonchev–Trinajstić information content (AvgIpc) is 2.57. The van der Waals surface area contributed by atoms with E-state index >= 15 is 0 Å². The van der Waals surface area contributed by atoms with Crippen LogP contribution in [0.1, 0.15) is 42.5 Å². The van der Waals surface area contributed by atoms with Gasteiger partial charge in [-0.25, -0.2) is 14.6 Å². The molecule has 1 aliphatic carbocycles. The standard InChI is InChI=1S/C15H19N3O6/c16-7-12(19)18-15(22)24-13-11(6-9(8-17-13)14(20)21)23-10-4-2-1-3-5-10/h6,8,10H,1-5,7,16H2,(H,20,21)(H,18,19,22). The van der Waals surface area contributed by atoms with Gasteiger partial charge in [0, 0.05) is 12.3 Å². The first kappa shape index (κ1) is 17.7. The Bertz CT molecular complexity index is 628. The number of amides is 2. The van der Waals surface area contributed by atoms with E-state index in [0.717, 1.165) is 38.3 Å². The zero-order valence-corrected chi connectivity index (χ0v) is 13.0. The summed E-state index contributed by atoms with van der Waals surface area (Å²) in [7, 11) is 0. The number of hydrogen-bond acceptors (Lipinski definition) is 7. The highest BCUT2D eigenvalue weighted by atomic mass is 16.6. The van der Waals surface area contributed by atoms with Gasteiger partial charge in [-0.15, -0.1) is 0 Å². The third-order valence-corrected chi connectivity index (χ3v) is 3.53. The van der Waals surface area contributed by atoms with Crippen LogP contribution in [0, 0.1) is 0 Å². The average molecular weight is 337 g/mol. The van der Waals surface area contributed by atoms with Crippen LogP contribution in [0.25, 0.3) is 0 Å². The molecule has 0 radical (unpaired) electrons. The van der Waals surface area contributed by atoms with Gasteiger partial charge in [-0.1, -0.05) is 6.42 Å². The minimum atomic E-state index is -1.18. The third-order valence-electron chi connectivity index (χ3n) is 3.53. The quantitative estimate of drug-likeness (QED) is 0.724. The minimum Gasteiger partial charge on any atom is -0.485 e. The van der Waals surface area contributed by atoms with Crippen molar-refractivity contribution in [2.24, 2.45) is 5.73 Å². The number of carboxylic acids is 1. The molecular weight excluding hydrogens is 318 g/mol. The molecule has 2 rings (SSSR count). The Labute approximate surface area is 138 Å². The molecule has 0 unspecified atom stereocenters. The lowest BCUT2D eigenvalue weighted by Crippen LogP contribution is -2.37. The van der Waals surface area contributed by atoms with Gasteiger partial charge in [-0.3, -0.25) is 10.1 Å². The number of nitrogens with zero attached hydrogens (tertiary/aromatic N) is 1. The summed E-state index contributed by atoms with van der Waals surface area (Å²) in [5, 5.41) is 11.0. The largest absolute Gasteiger partial charge is 0.485 e. The van der Waals surface area contributed by atoms with Crippen molar-refractivity contribution < 1.29 is 29.0 Å². The van der Waals surface area contributed by atoms with E-state index in [1.807, 2.05) is 5.32 Å². The van der Waals surface area contributed by atoms with Crippen LogP contribution in [0.5, 0.6) is 11.6 Å². The van der Waals surface area contributed by atoms with E-state index in [1.54, 1.807) is 0 Å². The molecule has 130 valence electrons. The number of hydrogen-bond donors (Lipinski definition) is 3. The molecule has 0 spiro atoms. The molecule has 1 aromatic heterocycles. The van der Waals surface area contributed by atoms with Crippen molar-refractivity contribution >= 4 is 18.0 Å². The summed E-state index contributed by atoms with van der Waals surface area (Å²) in [5.41, 5.74) is 5.00. The normalized spacial score (nSPS) is 14.7. The highest BCUT2D eigenvalue weighted by Crippen LogP contribution is 2.30. The molecule has 0 saturated heterocycles. The maximum Gasteiger partial charge on any atom is 0.420 e. The third kappa shape index (κ3) is 4.92. The highest BCUT2D eigenvalue weighted by Gasteiger charge is 2.21. The first-order valence-electron chi connectivity index (χ1n) is 7.61. The Kier molecular flexibility index (Phi) is 6.07. The lowest BCUT2D eigenvalue weighted by molar-refractivity contribution is -0.118. The number of aromatic nitrogens is 1. The zero-order valence-electron chi connectivity index (χ0n) is 13.0. The van der Waals surface area contributed by atoms with Crippen LogP contribution in [0.4, 0.5) is 4.79 Å². The van der Waals surface area contributed by atoms with Crippen LogP contribution >= 0.6 is 0 Å². The van der Waals surface area contributed by atoms with Crippen LogP contribution in [0.15, 0.2) is 12.3 Å². The molecule has 1 heterocycles. The van der Waals surface area contributed by atoms with Gasteiger partial charge in [0.15, 0.2) is 5.75 Å². The van der Waals surface area contributed by atoms with Gasteiger partial charge in [0.1, 0.15) is 0 Å². The fraction of sp³-hybridized carbons (Fsp3) is 0.467. The maximum absolute atomic E-state index is 11.6. The second kappa shape index (κ2) is 8.25. The zero-order chi connectivity index (χ0) is 17.5. The van der Waals surface area contributed by atoms with E-state index in [9.17, 15) is 14.4 Å². The molecule has 0 aromatic carbocycles. The van der Waals surface area contributed by atoms with Crippen molar-refractivity contribution in [3.63, 3.8) is 0 Å². The van der Waals surface area contributed by atoms with E-state index in [2.05, 4.69) is 4.98 Å². The lowest BCUT2D eigenvalue weighted by atomic mass is 9.98. The van der Waals surface area contributed by atoms with Gasteiger partial charge in [-0.05, 0) is 25.7 Å². The van der Waals surface area contributed by atoms with Crippen molar-refractivity contribution in [1.29, 1.82) is 0 Å². The van der Waals surface area contributed by atoms with Crippen molar-refractivity contribution in [1.82, 2.24) is 10.3 Å². The summed E-state index contributed by atoms with van der Waals surface area (Å²) in [5.74, 6) is -2.03. The van der Waals surface area contributed by atoms with Crippen LogP contribution in [0.3, 0.4) is 0 Å². The van der Waals surface area contributed by atoms with E-state index in [0.29, 0.717) is 0 Å². The molecule has 4 N–H and O–H groups in total. The first-order valence-corrected chi connectivity index (χ1v) is 7.61. The predicted octanol–water partition coefficient (Wildman–Crippen LogP) is 1.06. The number of pyridine rings is 1. The Hall–Kier alpha value is -2.68. The fourth-order valence-electron chi connectivity index (χ4n) is 2.35. The van der Waals surface area contributed by atoms with Gasteiger partial charge in [0.2, 0.25) is 5.91 Å². The number of nitrogens with two attached hydrogens (primary N) is 1. The summed E-state index contributed by atoms with van der Waals surface area (Å²) in [6.45, 7) is -0.369. The van der Waals surface area contributed by atoms with Crippen molar-refractivity contribution in [2.75, 3.05) is 6.54 Å². The Morgan fingerprint density at radius 3 is 2.62 bits per heavy atom. The van der Waals surface area contributed by atoms with Crippen molar-refractivity contribution in [3.8, 4) is 11.6 Å². The van der Waals surface area contributed by atoms with E-state index in [4.69, 9.17) is 20.3 Å². The molecule has 0 atom stereocenters. The van der Waals surface area contributed by atoms with Crippen molar-refractivity contribution in [2.45, 2.75) is 38.2 Å². The topological polar surface area (TPSA) is 141 Å². The molecule has 1 aromatic rings. The predicted molar refractivity (Wildman–Crippen MR) is 81.9 cm³/mol. The van der Waals surface area contributed by atoms with Crippen LogP contribution in [-0.2, 0) is 4.79 Å². The molecule has 1 aliphatic rings. The number of imide groups is 1.